The normalized spacial score (nSPS) is 25.9. The van der Waals surface area contributed by atoms with Crippen LogP contribution in [0.2, 0.25) is 0 Å². The molecule has 2 rings (SSSR count). The van der Waals surface area contributed by atoms with Crippen molar-refractivity contribution in [1.29, 1.82) is 0 Å². The van der Waals surface area contributed by atoms with Crippen molar-refractivity contribution in [2.24, 2.45) is 11.3 Å². The lowest BCUT2D eigenvalue weighted by Gasteiger charge is -2.40. The highest BCUT2D eigenvalue weighted by molar-refractivity contribution is 5.84. The van der Waals surface area contributed by atoms with Crippen molar-refractivity contribution in [3.05, 3.63) is 0 Å². The first-order valence-corrected chi connectivity index (χ1v) is 8.80. The lowest BCUT2D eigenvalue weighted by molar-refractivity contribution is -0.144. The van der Waals surface area contributed by atoms with Crippen LogP contribution in [0.1, 0.15) is 48.0 Å². The van der Waals surface area contributed by atoms with Crippen LogP contribution in [0.15, 0.2) is 0 Å². The van der Waals surface area contributed by atoms with Gasteiger partial charge in [0.1, 0.15) is 11.4 Å². The molecule has 0 spiro atoms. The number of ketones is 1. The molecule has 6 nitrogen and oxygen atoms in total. The van der Waals surface area contributed by atoms with E-state index < -0.39 is 47.4 Å². The molecule has 0 N–H and O–H groups in total. The number of hydrogen-bond donors (Lipinski definition) is 0. The van der Waals surface area contributed by atoms with Gasteiger partial charge in [-0.15, -0.1) is 0 Å². The van der Waals surface area contributed by atoms with Crippen molar-refractivity contribution in [3.63, 3.8) is 0 Å². The predicted octanol–water partition coefficient (Wildman–Crippen LogP) is 2.70. The van der Waals surface area contributed by atoms with Crippen LogP contribution in [-0.2, 0) is 14.3 Å². The topological polar surface area (TPSA) is 66.9 Å². The van der Waals surface area contributed by atoms with Gasteiger partial charge in [0, 0.05) is 24.9 Å². The van der Waals surface area contributed by atoms with Crippen LogP contribution < -0.4 is 0 Å². The number of carbonyl (C=O) groups excluding carboxylic acids is 3. The standard InChI is InChI=1S/C18H28F2N2O4/c1-11(23)17(5,6)9-21-8-13-12(7-14(21)24)18(19,20)10-22(13)15(25)26-16(2,3)4/h12-13H,7-10H2,1-6H3. The number of piperidine rings is 1. The van der Waals surface area contributed by atoms with Crippen LogP contribution in [0, 0.1) is 11.3 Å². The number of alkyl halides is 2. The van der Waals surface area contributed by atoms with Crippen LogP contribution >= 0.6 is 0 Å². The maximum absolute atomic E-state index is 14.4. The molecule has 2 atom stereocenters. The minimum absolute atomic E-state index is 0.0188. The van der Waals surface area contributed by atoms with Gasteiger partial charge in [-0.25, -0.2) is 13.6 Å². The summed E-state index contributed by atoms with van der Waals surface area (Å²) in [6, 6.07) is -0.819. The number of ether oxygens (including phenoxy) is 1. The van der Waals surface area contributed by atoms with E-state index in [-0.39, 0.29) is 25.3 Å². The van der Waals surface area contributed by atoms with Gasteiger partial charge in [0.15, 0.2) is 0 Å². The van der Waals surface area contributed by atoms with Gasteiger partial charge in [-0.1, -0.05) is 13.8 Å². The minimum Gasteiger partial charge on any atom is -0.444 e. The van der Waals surface area contributed by atoms with Crippen LogP contribution in [0.25, 0.3) is 0 Å². The summed E-state index contributed by atoms with van der Waals surface area (Å²) in [5.74, 6) is -4.86. The summed E-state index contributed by atoms with van der Waals surface area (Å²) < 4.78 is 34.1. The largest absolute Gasteiger partial charge is 0.444 e. The maximum atomic E-state index is 14.4. The summed E-state index contributed by atoms with van der Waals surface area (Å²) >= 11 is 0. The second-order valence-corrected chi connectivity index (χ2v) is 8.96. The van der Waals surface area contributed by atoms with E-state index in [2.05, 4.69) is 0 Å². The Morgan fingerprint density at radius 3 is 2.31 bits per heavy atom. The number of amides is 2. The monoisotopic (exact) mass is 374 g/mol. The first-order chi connectivity index (χ1) is 11.6. The smallest absolute Gasteiger partial charge is 0.410 e. The molecule has 148 valence electrons. The van der Waals surface area contributed by atoms with Crippen molar-refractivity contribution in [2.75, 3.05) is 19.6 Å². The van der Waals surface area contributed by atoms with E-state index in [1.165, 1.54) is 11.8 Å². The number of likely N-dealkylation sites (tertiary alicyclic amines) is 2. The number of hydrogen-bond acceptors (Lipinski definition) is 4. The molecular formula is C18H28F2N2O4. The van der Waals surface area contributed by atoms with E-state index in [0.29, 0.717) is 0 Å². The lowest BCUT2D eigenvalue weighted by atomic mass is 9.85. The molecule has 0 aromatic carbocycles. The van der Waals surface area contributed by atoms with Crippen LogP contribution in [0.3, 0.4) is 0 Å². The maximum Gasteiger partial charge on any atom is 0.410 e. The zero-order valence-corrected chi connectivity index (χ0v) is 16.3. The van der Waals surface area contributed by atoms with Crippen molar-refractivity contribution < 1.29 is 27.9 Å². The molecule has 0 bridgehead atoms. The van der Waals surface area contributed by atoms with Crippen molar-refractivity contribution >= 4 is 17.8 Å². The molecule has 2 saturated heterocycles. The highest BCUT2D eigenvalue weighted by Gasteiger charge is 2.59. The highest BCUT2D eigenvalue weighted by Crippen LogP contribution is 2.43. The van der Waals surface area contributed by atoms with Gasteiger partial charge in [-0.2, -0.15) is 0 Å². The Morgan fingerprint density at radius 1 is 1.23 bits per heavy atom. The molecular weight excluding hydrogens is 346 g/mol. The first kappa shape index (κ1) is 20.6. The first-order valence-electron chi connectivity index (χ1n) is 8.80. The number of Topliss-reactive ketones (excluding diaryl/α,β-unsaturated/α-hetero) is 1. The van der Waals surface area contributed by atoms with Gasteiger partial charge < -0.3 is 9.64 Å². The molecule has 2 heterocycles. The van der Waals surface area contributed by atoms with Gasteiger partial charge in [-0.3, -0.25) is 14.5 Å². The Bertz CT molecular complexity index is 613. The molecule has 0 radical (unpaired) electrons. The molecule has 0 aliphatic carbocycles. The summed E-state index contributed by atoms with van der Waals surface area (Å²) in [5.41, 5.74) is -1.58. The molecule has 26 heavy (non-hydrogen) atoms. The molecule has 0 saturated carbocycles. The average Bonchev–Trinajstić information content (AvgIpc) is 2.69. The lowest BCUT2D eigenvalue weighted by Crippen LogP contribution is -2.55. The second kappa shape index (κ2) is 6.46. The fourth-order valence-electron chi connectivity index (χ4n) is 3.38. The Kier molecular flexibility index (Phi) is 5.11. The van der Waals surface area contributed by atoms with Gasteiger partial charge >= 0.3 is 6.09 Å². The molecule has 0 aromatic rings. The highest BCUT2D eigenvalue weighted by atomic mass is 19.3. The van der Waals surface area contributed by atoms with E-state index in [0.717, 1.165) is 4.90 Å². The Balaban J connectivity index is 2.23. The predicted molar refractivity (Wildman–Crippen MR) is 90.8 cm³/mol. The van der Waals surface area contributed by atoms with Gasteiger partial charge in [0.2, 0.25) is 5.91 Å². The van der Waals surface area contributed by atoms with E-state index in [9.17, 15) is 23.2 Å². The van der Waals surface area contributed by atoms with Gasteiger partial charge in [0.25, 0.3) is 5.92 Å². The van der Waals surface area contributed by atoms with Crippen molar-refractivity contribution in [3.8, 4) is 0 Å². The van der Waals surface area contributed by atoms with E-state index in [1.807, 2.05) is 0 Å². The van der Waals surface area contributed by atoms with Crippen LogP contribution in [-0.4, -0.2) is 64.8 Å². The quantitative estimate of drug-likeness (QED) is 0.762. The van der Waals surface area contributed by atoms with Gasteiger partial charge in [0.05, 0.1) is 18.5 Å². The summed E-state index contributed by atoms with van der Waals surface area (Å²) in [6.45, 7) is 9.23. The van der Waals surface area contributed by atoms with E-state index in [4.69, 9.17) is 4.74 Å². The third-order valence-corrected chi connectivity index (χ3v) is 5.11. The third-order valence-electron chi connectivity index (χ3n) is 5.11. The summed E-state index contributed by atoms with van der Waals surface area (Å²) in [5, 5.41) is 0. The number of fused-ring (bicyclic) bond motifs is 1. The van der Waals surface area contributed by atoms with E-state index in [1.54, 1.807) is 34.6 Å². The molecule has 0 aromatic heterocycles. The molecule has 2 fully saturated rings. The average molecular weight is 374 g/mol. The van der Waals surface area contributed by atoms with E-state index >= 15 is 0 Å². The molecule has 8 heteroatoms. The van der Waals surface area contributed by atoms with Crippen molar-refractivity contribution in [2.45, 2.75) is 65.5 Å². The molecule has 2 aliphatic heterocycles. The van der Waals surface area contributed by atoms with Crippen molar-refractivity contribution in [1.82, 2.24) is 9.80 Å². The molecule has 2 aliphatic rings. The molecule has 2 amide bonds. The molecule has 2 unspecified atom stereocenters. The Labute approximate surface area is 152 Å². The summed E-state index contributed by atoms with van der Waals surface area (Å²) in [6.07, 6.45) is -1.14. The third kappa shape index (κ3) is 4.15. The van der Waals surface area contributed by atoms with Gasteiger partial charge in [-0.05, 0) is 27.7 Å². The number of nitrogens with zero attached hydrogens (tertiary/aromatic N) is 2. The second-order valence-electron chi connectivity index (χ2n) is 8.96. The fraction of sp³-hybridized carbons (Fsp3) is 0.833. The minimum atomic E-state index is -3.14. The summed E-state index contributed by atoms with van der Waals surface area (Å²) in [4.78, 5) is 39.0. The summed E-state index contributed by atoms with van der Waals surface area (Å²) in [7, 11) is 0. The Morgan fingerprint density at radius 2 is 1.81 bits per heavy atom. The van der Waals surface area contributed by atoms with Crippen LogP contribution in [0.5, 0.6) is 0 Å². The number of halogens is 2. The number of carbonyl (C=O) groups is 3. The van der Waals surface area contributed by atoms with Crippen LogP contribution in [0.4, 0.5) is 13.6 Å². The zero-order chi connectivity index (χ0) is 20.1. The fourth-order valence-corrected chi connectivity index (χ4v) is 3.38. The zero-order valence-electron chi connectivity index (χ0n) is 16.3. The SMILES string of the molecule is CC(=O)C(C)(C)CN1CC2C(CC1=O)C(F)(F)CN2C(=O)OC(C)(C)C. The number of rotatable bonds is 3. The Hall–Kier alpha value is -1.73.